The van der Waals surface area contributed by atoms with Gasteiger partial charge in [-0.25, -0.2) is 4.39 Å². The van der Waals surface area contributed by atoms with Gasteiger partial charge < -0.3 is 4.90 Å². The average molecular weight is 338 g/mol. The zero-order chi connectivity index (χ0) is 17.2. The van der Waals surface area contributed by atoms with Crippen LogP contribution in [0.4, 0.5) is 4.39 Å². The van der Waals surface area contributed by atoms with Gasteiger partial charge in [0, 0.05) is 38.6 Å². The Labute approximate surface area is 148 Å². The molecule has 0 spiro atoms. The van der Waals surface area contributed by atoms with Gasteiger partial charge in [0.15, 0.2) is 0 Å². The van der Waals surface area contributed by atoms with Crippen molar-refractivity contribution in [2.24, 2.45) is 0 Å². The van der Waals surface area contributed by atoms with Gasteiger partial charge in [0.2, 0.25) is 5.91 Å². The maximum atomic E-state index is 13.6. The fourth-order valence-electron chi connectivity index (χ4n) is 3.82. The topological polar surface area (TPSA) is 23.6 Å². The smallest absolute Gasteiger partial charge is 0.223 e. The molecule has 0 aromatic heterocycles. The van der Waals surface area contributed by atoms with Gasteiger partial charge in [-0.2, -0.15) is 0 Å². The second kappa shape index (κ2) is 6.96. The van der Waals surface area contributed by atoms with E-state index in [1.165, 1.54) is 17.2 Å². The lowest BCUT2D eigenvalue weighted by Gasteiger charge is -2.47. The second-order valence-corrected chi connectivity index (χ2v) is 7.03. The molecule has 3 nitrogen and oxygen atoms in total. The highest BCUT2D eigenvalue weighted by molar-refractivity contribution is 5.77. The van der Waals surface area contributed by atoms with Crippen LogP contribution in [0, 0.1) is 5.82 Å². The Morgan fingerprint density at radius 3 is 2.56 bits per heavy atom. The van der Waals surface area contributed by atoms with E-state index in [9.17, 15) is 9.18 Å². The normalized spacial score (nSPS) is 17.9. The van der Waals surface area contributed by atoms with Crippen molar-refractivity contribution >= 4 is 5.91 Å². The van der Waals surface area contributed by atoms with E-state index in [1.807, 2.05) is 11.0 Å². The van der Waals surface area contributed by atoms with Crippen LogP contribution in [-0.4, -0.2) is 41.4 Å². The van der Waals surface area contributed by atoms with Gasteiger partial charge in [-0.05, 0) is 35.6 Å². The third-order valence-corrected chi connectivity index (χ3v) is 5.46. The number of rotatable bonds is 4. The van der Waals surface area contributed by atoms with E-state index in [0.717, 1.165) is 32.6 Å². The first-order valence-electron chi connectivity index (χ1n) is 9.03. The second-order valence-electron chi connectivity index (χ2n) is 7.03. The van der Waals surface area contributed by atoms with Crippen molar-refractivity contribution in [3.05, 3.63) is 71.0 Å². The van der Waals surface area contributed by atoms with Crippen LogP contribution >= 0.6 is 0 Å². The molecule has 0 bridgehead atoms. The lowest BCUT2D eigenvalue weighted by atomic mass is 9.96. The standard InChI is InChI=1S/C21H23FN2O/c22-20-8-4-3-6-17(20)9-10-21(25)24-14-19(15-24)23-12-11-16-5-1-2-7-18(16)13-23/h1-8,19H,9-15H2. The average Bonchev–Trinajstić information content (AvgIpc) is 2.60. The summed E-state index contributed by atoms with van der Waals surface area (Å²) in [5.74, 6) is -0.0827. The van der Waals surface area contributed by atoms with Crippen molar-refractivity contribution in [3.8, 4) is 0 Å². The number of hydrogen-bond acceptors (Lipinski definition) is 2. The van der Waals surface area contributed by atoms with Crippen LogP contribution in [0.25, 0.3) is 0 Å². The molecular weight excluding hydrogens is 315 g/mol. The molecule has 25 heavy (non-hydrogen) atoms. The number of aryl methyl sites for hydroxylation is 1. The Balaban J connectivity index is 1.26. The molecule has 0 unspecified atom stereocenters. The van der Waals surface area contributed by atoms with Crippen molar-refractivity contribution in [2.45, 2.75) is 31.8 Å². The summed E-state index contributed by atoms with van der Waals surface area (Å²) in [6.07, 6.45) is 1.95. The van der Waals surface area contributed by atoms with Crippen molar-refractivity contribution in [1.82, 2.24) is 9.80 Å². The SMILES string of the molecule is O=C(CCc1ccccc1F)N1CC(N2CCc3ccccc3C2)C1. The molecule has 0 radical (unpaired) electrons. The number of nitrogens with zero attached hydrogens (tertiary/aromatic N) is 2. The van der Waals surface area contributed by atoms with E-state index in [0.29, 0.717) is 24.4 Å². The van der Waals surface area contributed by atoms with E-state index < -0.39 is 0 Å². The Morgan fingerprint density at radius 1 is 1.04 bits per heavy atom. The number of carbonyl (C=O) groups excluding carboxylic acids is 1. The van der Waals surface area contributed by atoms with Crippen molar-refractivity contribution in [2.75, 3.05) is 19.6 Å². The first-order chi connectivity index (χ1) is 12.2. The highest BCUT2D eigenvalue weighted by Crippen LogP contribution is 2.25. The molecule has 0 N–H and O–H groups in total. The Kier molecular flexibility index (Phi) is 4.53. The van der Waals surface area contributed by atoms with Crippen LogP contribution in [-0.2, 0) is 24.2 Å². The van der Waals surface area contributed by atoms with Crippen LogP contribution < -0.4 is 0 Å². The molecule has 1 saturated heterocycles. The van der Waals surface area contributed by atoms with E-state index in [1.54, 1.807) is 12.1 Å². The first-order valence-corrected chi connectivity index (χ1v) is 9.03. The summed E-state index contributed by atoms with van der Waals surface area (Å²) in [7, 11) is 0. The molecule has 1 fully saturated rings. The lowest BCUT2D eigenvalue weighted by Crippen LogP contribution is -2.61. The molecule has 4 heteroatoms. The fourth-order valence-corrected chi connectivity index (χ4v) is 3.82. The Bertz CT molecular complexity index is 770. The quantitative estimate of drug-likeness (QED) is 0.855. The summed E-state index contributed by atoms with van der Waals surface area (Å²) in [4.78, 5) is 16.7. The summed E-state index contributed by atoms with van der Waals surface area (Å²) in [5.41, 5.74) is 3.49. The number of halogens is 1. The van der Waals surface area contributed by atoms with Gasteiger partial charge in [0.05, 0.1) is 0 Å². The van der Waals surface area contributed by atoms with Crippen LogP contribution in [0.2, 0.25) is 0 Å². The summed E-state index contributed by atoms with van der Waals surface area (Å²) < 4.78 is 13.6. The minimum absolute atomic E-state index is 0.136. The number of amides is 1. The summed E-state index contributed by atoms with van der Waals surface area (Å²) in [5, 5.41) is 0. The maximum Gasteiger partial charge on any atom is 0.223 e. The molecular formula is C21H23FN2O. The molecule has 2 aromatic carbocycles. The largest absolute Gasteiger partial charge is 0.339 e. The number of hydrogen-bond donors (Lipinski definition) is 0. The molecule has 130 valence electrons. The van der Waals surface area contributed by atoms with Crippen LogP contribution in [0.5, 0.6) is 0 Å². The zero-order valence-electron chi connectivity index (χ0n) is 14.3. The lowest BCUT2D eigenvalue weighted by molar-refractivity contribution is -0.138. The third kappa shape index (κ3) is 3.45. The first kappa shape index (κ1) is 16.3. The predicted octanol–water partition coefficient (Wildman–Crippen LogP) is 3.03. The summed E-state index contributed by atoms with van der Waals surface area (Å²) in [6, 6.07) is 15.8. The molecule has 2 aliphatic heterocycles. The molecule has 0 aliphatic carbocycles. The maximum absolute atomic E-state index is 13.6. The third-order valence-electron chi connectivity index (χ3n) is 5.46. The summed E-state index contributed by atoms with van der Waals surface area (Å²) >= 11 is 0. The molecule has 2 heterocycles. The van der Waals surface area contributed by atoms with Gasteiger partial charge in [0.25, 0.3) is 0 Å². The monoisotopic (exact) mass is 338 g/mol. The van der Waals surface area contributed by atoms with E-state index in [4.69, 9.17) is 0 Å². The van der Waals surface area contributed by atoms with E-state index >= 15 is 0 Å². The van der Waals surface area contributed by atoms with Crippen molar-refractivity contribution < 1.29 is 9.18 Å². The molecule has 0 saturated carbocycles. The highest BCUT2D eigenvalue weighted by atomic mass is 19.1. The van der Waals surface area contributed by atoms with Crippen LogP contribution in [0.3, 0.4) is 0 Å². The van der Waals surface area contributed by atoms with Crippen molar-refractivity contribution in [3.63, 3.8) is 0 Å². The molecule has 1 amide bonds. The van der Waals surface area contributed by atoms with Gasteiger partial charge in [-0.1, -0.05) is 42.5 Å². The van der Waals surface area contributed by atoms with Gasteiger partial charge in [0.1, 0.15) is 5.82 Å². The molecule has 4 rings (SSSR count). The minimum atomic E-state index is -0.219. The number of carbonyl (C=O) groups is 1. The minimum Gasteiger partial charge on any atom is -0.339 e. The Morgan fingerprint density at radius 2 is 1.76 bits per heavy atom. The molecule has 2 aliphatic rings. The number of likely N-dealkylation sites (tertiary alicyclic amines) is 1. The molecule has 2 aromatic rings. The van der Waals surface area contributed by atoms with Crippen LogP contribution in [0.15, 0.2) is 48.5 Å². The van der Waals surface area contributed by atoms with Crippen molar-refractivity contribution in [1.29, 1.82) is 0 Å². The number of fused-ring (bicyclic) bond motifs is 1. The number of benzene rings is 2. The van der Waals surface area contributed by atoms with E-state index in [2.05, 4.69) is 29.2 Å². The van der Waals surface area contributed by atoms with Gasteiger partial charge >= 0.3 is 0 Å². The predicted molar refractivity (Wildman–Crippen MR) is 95.6 cm³/mol. The zero-order valence-corrected chi connectivity index (χ0v) is 14.3. The van der Waals surface area contributed by atoms with Gasteiger partial charge in [-0.3, -0.25) is 9.69 Å². The van der Waals surface area contributed by atoms with E-state index in [-0.39, 0.29) is 11.7 Å². The summed E-state index contributed by atoms with van der Waals surface area (Å²) in [6.45, 7) is 3.66. The van der Waals surface area contributed by atoms with Gasteiger partial charge in [-0.15, -0.1) is 0 Å². The Hall–Kier alpha value is -2.20. The van der Waals surface area contributed by atoms with Crippen LogP contribution in [0.1, 0.15) is 23.1 Å². The molecule has 0 atom stereocenters. The highest BCUT2D eigenvalue weighted by Gasteiger charge is 2.35. The fraction of sp³-hybridized carbons (Fsp3) is 0.381.